The summed E-state index contributed by atoms with van der Waals surface area (Å²) in [6.07, 6.45) is -0.227. The van der Waals surface area contributed by atoms with Gasteiger partial charge in [-0.1, -0.05) is 0 Å². The van der Waals surface area contributed by atoms with Gasteiger partial charge in [0.1, 0.15) is 0 Å². The van der Waals surface area contributed by atoms with Gasteiger partial charge in [0.25, 0.3) is 0 Å². The highest BCUT2D eigenvalue weighted by molar-refractivity contribution is 4.71. The van der Waals surface area contributed by atoms with E-state index in [9.17, 15) is 0 Å². The molecule has 2 nitrogen and oxygen atoms in total. The van der Waals surface area contributed by atoms with Crippen molar-refractivity contribution in [3.05, 3.63) is 0 Å². The lowest BCUT2D eigenvalue weighted by atomic mass is 10.4. The molecular weight excluding hydrogens is 79.0 g/mol. The Labute approximate surface area is 37.0 Å². The summed E-state index contributed by atoms with van der Waals surface area (Å²) >= 11 is 0. The van der Waals surface area contributed by atoms with Gasteiger partial charge < -0.3 is 5.11 Å². The minimum Gasteiger partial charge on any atom is -0.392 e. The highest BCUT2D eigenvalue weighted by Crippen LogP contribution is 1.82. The van der Waals surface area contributed by atoms with E-state index >= 15 is 0 Å². The second kappa shape index (κ2) is 2.67. The smallest absolute Gasteiger partial charge is 0.0648 e. The molecule has 0 aromatic heterocycles. The number of hydrogen-bond acceptors (Lipinski definition) is 2. The molecule has 0 rings (SSSR count). The summed E-state index contributed by atoms with van der Waals surface area (Å²) < 4.78 is 0. The van der Waals surface area contributed by atoms with Gasteiger partial charge >= 0.3 is 0 Å². The molecule has 0 aromatic carbocycles. The average molecular weight is 86.1 g/mol. The van der Waals surface area contributed by atoms with Crippen LogP contribution in [0.5, 0.6) is 0 Å². The van der Waals surface area contributed by atoms with Crippen molar-refractivity contribution in [3.63, 3.8) is 0 Å². The summed E-state index contributed by atoms with van der Waals surface area (Å²) in [4.78, 5) is 0. The van der Waals surface area contributed by atoms with E-state index in [4.69, 9.17) is 10.4 Å². The van der Waals surface area contributed by atoms with Gasteiger partial charge in [-0.2, -0.15) is 5.26 Å². The Morgan fingerprint density at radius 1 is 2.00 bits per heavy atom. The van der Waals surface area contributed by atoms with Gasteiger partial charge in [0.2, 0.25) is 0 Å². The molecule has 0 heterocycles. The van der Waals surface area contributed by atoms with Crippen LogP contribution < -0.4 is 0 Å². The fourth-order valence-electron chi connectivity index (χ4n) is 0.132. The number of nitrogens with zero attached hydrogens (tertiary/aromatic N) is 1. The molecule has 2 heteroatoms. The summed E-state index contributed by atoms with van der Waals surface area (Å²) in [6, 6.07) is 1.82. The molecule has 0 spiro atoms. The molecule has 0 unspecified atom stereocenters. The second-order valence-corrected chi connectivity index (χ2v) is 1.21. The third-order valence-corrected chi connectivity index (χ3v) is 0.387. The van der Waals surface area contributed by atoms with Crippen molar-refractivity contribution in [2.75, 3.05) is 0 Å². The highest BCUT2D eigenvalue weighted by atomic mass is 16.3. The molecule has 1 N–H and O–H groups in total. The third-order valence-electron chi connectivity index (χ3n) is 0.387. The molecular formula is C4H7NO. The minimum absolute atomic E-state index is 0.236. The standard InChI is InChI=1S/C4H7NO/c1-4(6)2-3-5/h4,6H,2H2,1H3/t4-/m1/s1/i3+1. The lowest BCUT2D eigenvalue weighted by molar-refractivity contribution is 0.200. The quantitative estimate of drug-likeness (QED) is 0.466. The maximum Gasteiger partial charge on any atom is 0.0648 e. The van der Waals surface area contributed by atoms with Gasteiger partial charge in [-0.3, -0.25) is 0 Å². The van der Waals surface area contributed by atoms with Crippen LogP contribution >= 0.6 is 0 Å². The van der Waals surface area contributed by atoms with Crippen LogP contribution in [0.3, 0.4) is 0 Å². The van der Waals surface area contributed by atoms with Crippen LogP contribution in [-0.4, -0.2) is 11.2 Å². The van der Waals surface area contributed by atoms with Crippen molar-refractivity contribution in [2.45, 2.75) is 19.4 Å². The Hall–Kier alpha value is -0.550. The normalized spacial score (nSPS) is 12.8. The van der Waals surface area contributed by atoms with Gasteiger partial charge in [-0.05, 0) is 6.92 Å². The summed E-state index contributed by atoms with van der Waals surface area (Å²) in [7, 11) is 0. The maximum absolute atomic E-state index is 8.33. The van der Waals surface area contributed by atoms with Crippen molar-refractivity contribution in [3.8, 4) is 6.07 Å². The Morgan fingerprint density at radius 3 is 2.50 bits per heavy atom. The maximum atomic E-state index is 8.33. The predicted molar refractivity (Wildman–Crippen MR) is 21.9 cm³/mol. The molecule has 0 aliphatic heterocycles. The van der Waals surface area contributed by atoms with E-state index in [1.165, 1.54) is 0 Å². The van der Waals surface area contributed by atoms with E-state index in [0.29, 0.717) is 0 Å². The van der Waals surface area contributed by atoms with Gasteiger partial charge in [0, 0.05) is 0 Å². The van der Waals surface area contributed by atoms with Crippen LogP contribution in [0.4, 0.5) is 0 Å². The molecule has 0 amide bonds. The van der Waals surface area contributed by atoms with Crippen LogP contribution in [0.15, 0.2) is 0 Å². The molecule has 1 atom stereocenters. The van der Waals surface area contributed by atoms with Gasteiger partial charge in [-0.25, -0.2) is 0 Å². The molecule has 0 saturated heterocycles. The van der Waals surface area contributed by atoms with Gasteiger partial charge in [-0.15, -0.1) is 0 Å². The van der Waals surface area contributed by atoms with Crippen molar-refractivity contribution in [2.24, 2.45) is 0 Å². The average Bonchev–Trinajstić information content (AvgIpc) is 1.35. The monoisotopic (exact) mass is 86.1 g/mol. The van der Waals surface area contributed by atoms with E-state index in [1.54, 1.807) is 6.92 Å². The van der Waals surface area contributed by atoms with Gasteiger partial charge in [0.05, 0.1) is 18.6 Å². The lowest BCUT2D eigenvalue weighted by Crippen LogP contribution is -1.94. The first-order valence-electron chi connectivity index (χ1n) is 1.82. The lowest BCUT2D eigenvalue weighted by Gasteiger charge is -1.88. The van der Waals surface area contributed by atoms with E-state index in [1.807, 2.05) is 6.07 Å². The van der Waals surface area contributed by atoms with Crippen molar-refractivity contribution < 1.29 is 5.11 Å². The molecule has 0 bridgehead atoms. The molecule has 0 aliphatic carbocycles. The summed E-state index contributed by atoms with van der Waals surface area (Å²) in [5.41, 5.74) is 0. The largest absolute Gasteiger partial charge is 0.392 e. The summed E-state index contributed by atoms with van der Waals surface area (Å²) in [6.45, 7) is 1.59. The van der Waals surface area contributed by atoms with Crippen LogP contribution in [0.2, 0.25) is 0 Å². The van der Waals surface area contributed by atoms with Crippen LogP contribution in [-0.2, 0) is 0 Å². The first-order chi connectivity index (χ1) is 2.77. The zero-order valence-corrected chi connectivity index (χ0v) is 3.68. The molecule has 6 heavy (non-hydrogen) atoms. The predicted octanol–water partition coefficient (Wildman–Crippen LogP) is 0.281. The SMILES string of the molecule is C[C@@H](O)C[13C]#N. The Balaban J connectivity index is 2.88. The molecule has 0 fully saturated rings. The van der Waals surface area contributed by atoms with E-state index in [0.717, 1.165) is 0 Å². The fraction of sp³-hybridized carbons (Fsp3) is 0.750. The number of hydrogen-bond donors (Lipinski definition) is 1. The highest BCUT2D eigenvalue weighted by Gasteiger charge is 1.87. The summed E-state index contributed by atoms with van der Waals surface area (Å²) in [5.74, 6) is 0. The van der Waals surface area contributed by atoms with Crippen LogP contribution in [0.25, 0.3) is 0 Å². The van der Waals surface area contributed by atoms with Crippen molar-refractivity contribution >= 4 is 0 Å². The van der Waals surface area contributed by atoms with Gasteiger partial charge in [0.15, 0.2) is 0 Å². The summed E-state index contributed by atoms with van der Waals surface area (Å²) in [5, 5.41) is 16.2. The molecule has 34 valence electrons. The Bertz CT molecular complexity index is 62.4. The topological polar surface area (TPSA) is 44.0 Å². The number of rotatable bonds is 1. The van der Waals surface area contributed by atoms with Crippen molar-refractivity contribution in [1.29, 1.82) is 5.26 Å². The molecule has 0 aliphatic rings. The van der Waals surface area contributed by atoms with E-state index in [-0.39, 0.29) is 6.42 Å². The molecule has 0 aromatic rings. The number of aliphatic hydroxyl groups excluding tert-OH is 1. The third kappa shape index (κ3) is 3.45. The molecule has 0 saturated carbocycles. The first-order valence-corrected chi connectivity index (χ1v) is 1.82. The zero-order valence-electron chi connectivity index (χ0n) is 3.68. The second-order valence-electron chi connectivity index (χ2n) is 1.21. The molecule has 0 radical (unpaired) electrons. The zero-order chi connectivity index (χ0) is 4.99. The van der Waals surface area contributed by atoms with Crippen LogP contribution in [0, 0.1) is 11.3 Å². The fourth-order valence-corrected chi connectivity index (χ4v) is 0.132. The Kier molecular flexibility index (Phi) is 2.43. The van der Waals surface area contributed by atoms with Crippen molar-refractivity contribution in [1.82, 2.24) is 0 Å². The Morgan fingerprint density at radius 2 is 2.50 bits per heavy atom. The van der Waals surface area contributed by atoms with E-state index in [2.05, 4.69) is 0 Å². The number of nitriles is 1. The minimum atomic E-state index is -0.463. The van der Waals surface area contributed by atoms with Crippen LogP contribution in [0.1, 0.15) is 13.3 Å². The van der Waals surface area contributed by atoms with E-state index < -0.39 is 6.10 Å². The number of aliphatic hydroxyl groups is 1. The first kappa shape index (κ1) is 5.45.